The van der Waals surface area contributed by atoms with E-state index in [0.717, 1.165) is 9.32 Å². The zero-order valence-corrected chi connectivity index (χ0v) is 12.5. The molecule has 0 spiro atoms. The molecule has 0 unspecified atom stereocenters. The third-order valence-electron chi connectivity index (χ3n) is 2.54. The van der Waals surface area contributed by atoms with Crippen LogP contribution in [0.5, 0.6) is 5.75 Å². The van der Waals surface area contributed by atoms with Crippen molar-refractivity contribution in [2.45, 2.75) is 13.8 Å². The molecule has 18 heavy (non-hydrogen) atoms. The van der Waals surface area contributed by atoms with Crippen molar-refractivity contribution >= 4 is 34.2 Å². The number of pyridine rings is 1. The Balaban J connectivity index is 2.64. The molecule has 0 saturated carbocycles. The third kappa shape index (κ3) is 2.16. The first-order valence-electron chi connectivity index (χ1n) is 5.47. The Morgan fingerprint density at radius 2 is 2.28 bits per heavy atom. The summed E-state index contributed by atoms with van der Waals surface area (Å²) in [6.45, 7) is 3.92. The average Bonchev–Trinajstić information content (AvgIpc) is 2.63. The smallest absolute Gasteiger partial charge is 0.357 e. The maximum Gasteiger partial charge on any atom is 0.357 e. The van der Waals surface area contributed by atoms with Crippen molar-refractivity contribution in [3.63, 3.8) is 0 Å². The largest absolute Gasteiger partial charge is 0.495 e. The Hall–Kier alpha value is -1.31. The highest BCUT2D eigenvalue weighted by molar-refractivity contribution is 14.1. The van der Waals surface area contributed by atoms with Crippen molar-refractivity contribution in [3.8, 4) is 5.75 Å². The number of aromatic nitrogens is 2. The van der Waals surface area contributed by atoms with Gasteiger partial charge in [0.1, 0.15) is 11.4 Å². The molecule has 96 valence electrons. The van der Waals surface area contributed by atoms with Crippen molar-refractivity contribution in [2.75, 3.05) is 13.7 Å². The fourth-order valence-corrected chi connectivity index (χ4v) is 2.42. The van der Waals surface area contributed by atoms with Gasteiger partial charge in [-0.15, -0.1) is 0 Å². The van der Waals surface area contributed by atoms with E-state index in [9.17, 15) is 4.79 Å². The first-order chi connectivity index (χ1) is 8.58. The van der Waals surface area contributed by atoms with Crippen LogP contribution in [0.2, 0.25) is 0 Å². The van der Waals surface area contributed by atoms with E-state index in [1.54, 1.807) is 31.4 Å². The lowest BCUT2D eigenvalue weighted by Gasteiger charge is -2.06. The standard InChI is InChI=1S/C12H13IN2O3/c1-4-18-12(16)11-7(2)14-10-5-9(17-3)8(13)6-15(10)11/h5-6H,4H2,1-3H3. The van der Waals surface area contributed by atoms with Gasteiger partial charge in [0.05, 0.1) is 23.0 Å². The minimum Gasteiger partial charge on any atom is -0.495 e. The predicted molar refractivity (Wildman–Crippen MR) is 75.2 cm³/mol. The number of hydrogen-bond acceptors (Lipinski definition) is 4. The number of hydrogen-bond donors (Lipinski definition) is 0. The van der Waals surface area contributed by atoms with Gasteiger partial charge in [0.2, 0.25) is 0 Å². The van der Waals surface area contributed by atoms with Crippen LogP contribution in [-0.4, -0.2) is 29.1 Å². The monoisotopic (exact) mass is 360 g/mol. The minimum atomic E-state index is -0.358. The highest BCUT2D eigenvalue weighted by Crippen LogP contribution is 2.24. The summed E-state index contributed by atoms with van der Waals surface area (Å²) in [5.41, 5.74) is 1.79. The van der Waals surface area contributed by atoms with E-state index in [1.165, 1.54) is 0 Å². The highest BCUT2D eigenvalue weighted by atomic mass is 127. The summed E-state index contributed by atoms with van der Waals surface area (Å²) in [6.07, 6.45) is 1.82. The Kier molecular flexibility index (Phi) is 3.74. The lowest BCUT2D eigenvalue weighted by molar-refractivity contribution is 0.0517. The van der Waals surface area contributed by atoms with Gasteiger partial charge in [0.25, 0.3) is 0 Å². The first kappa shape index (κ1) is 13.1. The van der Waals surface area contributed by atoms with Crippen LogP contribution >= 0.6 is 22.6 Å². The van der Waals surface area contributed by atoms with Gasteiger partial charge in [-0.25, -0.2) is 9.78 Å². The summed E-state index contributed by atoms with van der Waals surface area (Å²) < 4.78 is 12.9. The summed E-state index contributed by atoms with van der Waals surface area (Å²) in [5, 5.41) is 0. The number of aryl methyl sites for hydroxylation is 1. The number of imidazole rings is 1. The molecule has 0 N–H and O–H groups in total. The number of fused-ring (bicyclic) bond motifs is 1. The number of halogens is 1. The van der Waals surface area contributed by atoms with E-state index in [4.69, 9.17) is 9.47 Å². The molecule has 0 atom stereocenters. The molecule has 0 aromatic carbocycles. The SMILES string of the molecule is CCOC(=O)c1c(C)nc2cc(OC)c(I)cn12. The lowest BCUT2D eigenvalue weighted by Crippen LogP contribution is -2.09. The van der Waals surface area contributed by atoms with Crippen molar-refractivity contribution < 1.29 is 14.3 Å². The van der Waals surface area contributed by atoms with Gasteiger partial charge in [-0.1, -0.05) is 0 Å². The normalized spacial score (nSPS) is 10.7. The highest BCUT2D eigenvalue weighted by Gasteiger charge is 2.18. The lowest BCUT2D eigenvalue weighted by atomic mass is 10.3. The zero-order chi connectivity index (χ0) is 13.3. The number of carbonyl (C=O) groups excluding carboxylic acids is 1. The van der Waals surface area contributed by atoms with E-state index in [2.05, 4.69) is 27.6 Å². The summed E-state index contributed by atoms with van der Waals surface area (Å²) >= 11 is 2.15. The molecule has 0 saturated heterocycles. The van der Waals surface area contributed by atoms with E-state index >= 15 is 0 Å². The van der Waals surface area contributed by atoms with Gasteiger partial charge in [0.15, 0.2) is 5.69 Å². The Morgan fingerprint density at radius 1 is 1.56 bits per heavy atom. The van der Waals surface area contributed by atoms with Crippen molar-refractivity contribution in [2.24, 2.45) is 0 Å². The second-order valence-electron chi connectivity index (χ2n) is 3.68. The molecular formula is C12H13IN2O3. The van der Waals surface area contributed by atoms with Crippen LogP contribution in [0.25, 0.3) is 5.65 Å². The van der Waals surface area contributed by atoms with Gasteiger partial charge in [-0.05, 0) is 36.4 Å². The Morgan fingerprint density at radius 3 is 2.89 bits per heavy atom. The summed E-state index contributed by atoms with van der Waals surface area (Å²) in [5.74, 6) is 0.381. The number of carbonyl (C=O) groups is 1. The Labute approximate surface area is 118 Å². The number of methoxy groups -OCH3 is 1. The van der Waals surface area contributed by atoms with Crippen molar-refractivity contribution in [1.82, 2.24) is 9.38 Å². The Bertz CT molecular complexity index is 607. The van der Waals surface area contributed by atoms with Crippen LogP contribution in [0.3, 0.4) is 0 Å². The molecule has 2 rings (SSSR count). The van der Waals surface area contributed by atoms with Crippen LogP contribution in [-0.2, 0) is 4.74 Å². The van der Waals surface area contributed by atoms with E-state index < -0.39 is 0 Å². The van der Waals surface area contributed by atoms with Crippen LogP contribution < -0.4 is 4.74 Å². The molecule has 6 heteroatoms. The molecule has 2 aromatic rings. The molecule has 0 radical (unpaired) electrons. The van der Waals surface area contributed by atoms with Gasteiger partial charge in [-0.3, -0.25) is 4.40 Å². The molecule has 0 amide bonds. The number of ether oxygens (including phenoxy) is 2. The fourth-order valence-electron chi connectivity index (χ4n) is 1.77. The summed E-state index contributed by atoms with van der Waals surface area (Å²) in [6, 6.07) is 1.80. The van der Waals surface area contributed by atoms with E-state index in [-0.39, 0.29) is 5.97 Å². The molecule has 0 aliphatic heterocycles. The fraction of sp³-hybridized carbons (Fsp3) is 0.333. The topological polar surface area (TPSA) is 52.8 Å². The molecule has 2 heterocycles. The van der Waals surface area contributed by atoms with Crippen LogP contribution in [0.1, 0.15) is 23.1 Å². The van der Waals surface area contributed by atoms with Gasteiger partial charge in [-0.2, -0.15) is 0 Å². The van der Waals surface area contributed by atoms with Crippen molar-refractivity contribution in [3.05, 3.63) is 27.2 Å². The van der Waals surface area contributed by atoms with Crippen LogP contribution in [0, 0.1) is 10.5 Å². The quantitative estimate of drug-likeness (QED) is 0.623. The van der Waals surface area contributed by atoms with Gasteiger partial charge in [0, 0.05) is 12.3 Å². The average molecular weight is 360 g/mol. The summed E-state index contributed by atoms with van der Waals surface area (Å²) in [7, 11) is 1.61. The second-order valence-corrected chi connectivity index (χ2v) is 4.85. The third-order valence-corrected chi connectivity index (χ3v) is 3.35. The maximum absolute atomic E-state index is 11.9. The number of esters is 1. The number of nitrogens with zero attached hydrogens (tertiary/aromatic N) is 2. The van der Waals surface area contributed by atoms with Crippen LogP contribution in [0.15, 0.2) is 12.3 Å². The van der Waals surface area contributed by atoms with E-state index in [0.29, 0.717) is 23.6 Å². The van der Waals surface area contributed by atoms with Crippen LogP contribution in [0.4, 0.5) is 0 Å². The second kappa shape index (κ2) is 5.13. The molecule has 0 aliphatic carbocycles. The predicted octanol–water partition coefficient (Wildman–Crippen LogP) is 2.43. The summed E-state index contributed by atoms with van der Waals surface area (Å²) in [4.78, 5) is 16.2. The zero-order valence-electron chi connectivity index (χ0n) is 10.4. The molecule has 5 nitrogen and oxygen atoms in total. The minimum absolute atomic E-state index is 0.346. The molecule has 0 aliphatic rings. The van der Waals surface area contributed by atoms with Gasteiger partial charge < -0.3 is 9.47 Å². The molecule has 2 aromatic heterocycles. The van der Waals surface area contributed by atoms with Crippen molar-refractivity contribution in [1.29, 1.82) is 0 Å². The number of rotatable bonds is 3. The first-order valence-corrected chi connectivity index (χ1v) is 6.55. The maximum atomic E-state index is 11.9. The molecular weight excluding hydrogens is 347 g/mol. The molecule has 0 bridgehead atoms. The van der Waals surface area contributed by atoms with E-state index in [1.807, 2.05) is 6.20 Å². The molecule has 0 fully saturated rings. The van der Waals surface area contributed by atoms with Gasteiger partial charge >= 0.3 is 5.97 Å².